The Morgan fingerprint density at radius 1 is 0.913 bits per heavy atom. The third-order valence-corrected chi connectivity index (χ3v) is 2.72. The van der Waals surface area contributed by atoms with Crippen molar-refractivity contribution in [3.05, 3.63) is 65.2 Å². The molecule has 2 rings (SSSR count). The van der Waals surface area contributed by atoms with E-state index in [2.05, 4.69) is 4.74 Å². The number of nitrogens with one attached hydrogen (secondary N) is 1. The van der Waals surface area contributed by atoms with Gasteiger partial charge in [0.2, 0.25) is 0 Å². The normalized spacial score (nSPS) is 10.3. The first-order valence-corrected chi connectivity index (χ1v) is 6.24. The van der Waals surface area contributed by atoms with Crippen LogP contribution in [-0.4, -0.2) is 18.5 Å². The highest BCUT2D eigenvalue weighted by Crippen LogP contribution is 2.19. The zero-order valence-corrected chi connectivity index (χ0v) is 11.4. The number of benzene rings is 2. The minimum Gasteiger partial charge on any atom is -0.452 e. The lowest BCUT2D eigenvalue weighted by atomic mass is 10.2. The maximum atomic E-state index is 13.4. The molecule has 0 bridgehead atoms. The lowest BCUT2D eigenvalue weighted by Gasteiger charge is -2.08. The number of amides is 1. The Labute approximate surface area is 127 Å². The summed E-state index contributed by atoms with van der Waals surface area (Å²) in [6, 6.07) is 5.85. The molecule has 2 aromatic rings. The quantitative estimate of drug-likeness (QED) is 0.533. The standard InChI is InChI=1S/C15H9F4NO3/c16-9-3-1-8(2-4-9)15(22)23-7-12(21)20-11-6-5-10(17)13(18)14(11)19/h1-6H,7H2,(H,20,21). The Morgan fingerprint density at radius 2 is 1.57 bits per heavy atom. The molecule has 0 unspecified atom stereocenters. The molecule has 0 radical (unpaired) electrons. The van der Waals surface area contributed by atoms with Gasteiger partial charge < -0.3 is 10.1 Å². The molecule has 23 heavy (non-hydrogen) atoms. The molecule has 2 aromatic carbocycles. The Hall–Kier alpha value is -2.90. The molecule has 0 aliphatic rings. The first-order chi connectivity index (χ1) is 10.9. The first-order valence-electron chi connectivity index (χ1n) is 6.24. The molecule has 0 fully saturated rings. The van der Waals surface area contributed by atoms with Crippen molar-refractivity contribution in [2.75, 3.05) is 11.9 Å². The molecule has 0 atom stereocenters. The van der Waals surface area contributed by atoms with Crippen LogP contribution in [0.25, 0.3) is 0 Å². The van der Waals surface area contributed by atoms with E-state index in [1.165, 1.54) is 0 Å². The number of carbonyl (C=O) groups is 2. The van der Waals surface area contributed by atoms with E-state index in [-0.39, 0.29) is 5.56 Å². The summed E-state index contributed by atoms with van der Waals surface area (Å²) in [7, 11) is 0. The van der Waals surface area contributed by atoms with E-state index in [1.807, 2.05) is 5.32 Å². The number of rotatable bonds is 4. The fourth-order valence-electron chi connectivity index (χ4n) is 1.61. The van der Waals surface area contributed by atoms with E-state index in [9.17, 15) is 27.2 Å². The molecule has 0 spiro atoms. The Bertz CT molecular complexity index is 747. The topological polar surface area (TPSA) is 55.4 Å². The van der Waals surface area contributed by atoms with Crippen molar-refractivity contribution in [3.8, 4) is 0 Å². The molecule has 0 aliphatic carbocycles. The molecule has 1 N–H and O–H groups in total. The summed E-state index contributed by atoms with van der Waals surface area (Å²) < 4.78 is 56.4. The van der Waals surface area contributed by atoms with Crippen LogP contribution in [0.1, 0.15) is 10.4 Å². The van der Waals surface area contributed by atoms with Gasteiger partial charge in [-0.1, -0.05) is 0 Å². The SMILES string of the molecule is O=C(COC(=O)c1ccc(F)cc1)Nc1ccc(F)c(F)c1F. The largest absolute Gasteiger partial charge is 0.452 e. The van der Waals surface area contributed by atoms with Crippen molar-refractivity contribution in [3.63, 3.8) is 0 Å². The summed E-state index contributed by atoms with van der Waals surface area (Å²) in [5, 5.41) is 1.94. The van der Waals surface area contributed by atoms with Gasteiger partial charge >= 0.3 is 5.97 Å². The fraction of sp³-hybridized carbons (Fsp3) is 0.0667. The second kappa shape index (κ2) is 6.91. The Balaban J connectivity index is 1.94. The molecule has 0 aliphatic heterocycles. The van der Waals surface area contributed by atoms with E-state index in [0.29, 0.717) is 6.07 Å². The summed E-state index contributed by atoms with van der Waals surface area (Å²) in [5.74, 6) is -7.10. The number of halogens is 4. The van der Waals surface area contributed by atoms with Crippen LogP contribution in [-0.2, 0) is 9.53 Å². The molecule has 8 heteroatoms. The van der Waals surface area contributed by atoms with Gasteiger partial charge in [0, 0.05) is 0 Å². The van der Waals surface area contributed by atoms with Crippen LogP contribution >= 0.6 is 0 Å². The van der Waals surface area contributed by atoms with E-state index in [4.69, 9.17) is 0 Å². The molecule has 0 heterocycles. The van der Waals surface area contributed by atoms with Crippen molar-refractivity contribution >= 4 is 17.6 Å². The van der Waals surface area contributed by atoms with Gasteiger partial charge in [0.1, 0.15) is 5.82 Å². The van der Waals surface area contributed by atoms with Gasteiger partial charge in [-0.05, 0) is 36.4 Å². The van der Waals surface area contributed by atoms with Gasteiger partial charge in [-0.2, -0.15) is 0 Å². The van der Waals surface area contributed by atoms with Crippen LogP contribution < -0.4 is 5.32 Å². The van der Waals surface area contributed by atoms with Crippen LogP contribution in [0.3, 0.4) is 0 Å². The van der Waals surface area contributed by atoms with Gasteiger partial charge in [0.25, 0.3) is 5.91 Å². The third-order valence-electron chi connectivity index (χ3n) is 2.72. The molecule has 0 aromatic heterocycles. The first kappa shape index (κ1) is 16.5. The van der Waals surface area contributed by atoms with Gasteiger partial charge in [-0.15, -0.1) is 0 Å². The highest BCUT2D eigenvalue weighted by atomic mass is 19.2. The second-order valence-corrected chi connectivity index (χ2v) is 4.35. The van der Waals surface area contributed by atoms with Gasteiger partial charge in [0.15, 0.2) is 24.1 Å². The molecule has 1 amide bonds. The highest BCUT2D eigenvalue weighted by molar-refractivity contribution is 5.95. The van der Waals surface area contributed by atoms with E-state index >= 15 is 0 Å². The lowest BCUT2D eigenvalue weighted by molar-refractivity contribution is -0.119. The predicted octanol–water partition coefficient (Wildman–Crippen LogP) is 3.04. The summed E-state index contributed by atoms with van der Waals surface area (Å²) in [6.45, 7) is -0.783. The highest BCUT2D eigenvalue weighted by Gasteiger charge is 2.16. The fourth-order valence-corrected chi connectivity index (χ4v) is 1.61. The minimum atomic E-state index is -1.73. The maximum absolute atomic E-state index is 13.4. The summed E-state index contributed by atoms with van der Waals surface area (Å²) in [5.41, 5.74) is -0.579. The van der Waals surface area contributed by atoms with Crippen LogP contribution in [0.4, 0.5) is 23.2 Å². The maximum Gasteiger partial charge on any atom is 0.338 e. The monoisotopic (exact) mass is 327 g/mol. The summed E-state index contributed by atoms with van der Waals surface area (Å²) in [6.07, 6.45) is 0. The minimum absolute atomic E-state index is 0.0122. The van der Waals surface area contributed by atoms with E-state index in [1.54, 1.807) is 0 Å². The molecular weight excluding hydrogens is 318 g/mol. The number of hydrogen-bond acceptors (Lipinski definition) is 3. The zero-order chi connectivity index (χ0) is 17.0. The Morgan fingerprint density at radius 3 is 2.22 bits per heavy atom. The van der Waals surface area contributed by atoms with Crippen molar-refractivity contribution in [2.45, 2.75) is 0 Å². The zero-order valence-electron chi connectivity index (χ0n) is 11.4. The average molecular weight is 327 g/mol. The molecule has 0 saturated heterocycles. The van der Waals surface area contributed by atoms with Gasteiger partial charge in [-0.25, -0.2) is 22.4 Å². The van der Waals surface area contributed by atoms with Gasteiger partial charge in [0.05, 0.1) is 11.3 Å². The van der Waals surface area contributed by atoms with Crippen molar-refractivity contribution < 1.29 is 31.9 Å². The van der Waals surface area contributed by atoms with Crippen LogP contribution in [0.5, 0.6) is 0 Å². The molecule has 0 saturated carbocycles. The number of anilines is 1. The molecule has 120 valence electrons. The predicted molar refractivity (Wildman–Crippen MR) is 71.6 cm³/mol. The van der Waals surface area contributed by atoms with Crippen molar-refractivity contribution in [1.82, 2.24) is 0 Å². The average Bonchev–Trinajstić information content (AvgIpc) is 2.54. The summed E-state index contributed by atoms with van der Waals surface area (Å²) >= 11 is 0. The molecular formula is C15H9F4NO3. The number of esters is 1. The van der Waals surface area contributed by atoms with Crippen LogP contribution in [0, 0.1) is 23.3 Å². The van der Waals surface area contributed by atoms with Crippen molar-refractivity contribution in [2.24, 2.45) is 0 Å². The van der Waals surface area contributed by atoms with Crippen molar-refractivity contribution in [1.29, 1.82) is 0 Å². The van der Waals surface area contributed by atoms with Crippen LogP contribution in [0.15, 0.2) is 36.4 Å². The summed E-state index contributed by atoms with van der Waals surface area (Å²) in [4.78, 5) is 23.1. The third kappa shape index (κ3) is 4.06. The smallest absolute Gasteiger partial charge is 0.338 e. The number of hydrogen-bond donors (Lipinski definition) is 1. The second-order valence-electron chi connectivity index (χ2n) is 4.35. The van der Waals surface area contributed by atoms with Gasteiger partial charge in [-0.3, -0.25) is 4.79 Å². The number of carbonyl (C=O) groups excluding carboxylic acids is 2. The van der Waals surface area contributed by atoms with E-state index < -0.39 is 47.4 Å². The lowest BCUT2D eigenvalue weighted by Crippen LogP contribution is -2.21. The van der Waals surface area contributed by atoms with Crippen LogP contribution in [0.2, 0.25) is 0 Å². The number of ether oxygens (including phenoxy) is 1. The Kier molecular flexibility index (Phi) is 4.95. The van der Waals surface area contributed by atoms with E-state index in [0.717, 1.165) is 30.3 Å². The molecule has 4 nitrogen and oxygen atoms in total.